The Kier molecular flexibility index (Phi) is 3.80. The molecular weight excluding hydrogens is 316 g/mol. The number of benzene rings is 1. The van der Waals surface area contributed by atoms with Gasteiger partial charge in [-0.15, -0.1) is 0 Å². The quantitative estimate of drug-likeness (QED) is 0.504. The van der Waals surface area contributed by atoms with Crippen molar-refractivity contribution in [2.24, 2.45) is 5.73 Å². The van der Waals surface area contributed by atoms with Crippen molar-refractivity contribution in [3.05, 3.63) is 62.4 Å². The summed E-state index contributed by atoms with van der Waals surface area (Å²) in [6, 6.07) is 6.00. The number of rotatable bonds is 3. The number of nitrogens with zero attached hydrogens (tertiary/aromatic N) is 1. The molecule has 0 amide bonds. The van der Waals surface area contributed by atoms with Crippen LogP contribution >= 0.6 is 0 Å². The van der Waals surface area contributed by atoms with Gasteiger partial charge in [0.15, 0.2) is 0 Å². The largest absolute Gasteiger partial charge is 0.465 e. The number of nitro benzene ring substituents is 1. The molecule has 1 unspecified atom stereocenters. The normalized spacial score (nSPS) is 19.9. The Morgan fingerprint density at radius 2 is 2.21 bits per heavy atom. The second-order valence-corrected chi connectivity index (χ2v) is 5.47. The molecule has 0 saturated carbocycles. The van der Waals surface area contributed by atoms with E-state index in [1.807, 2.05) is 0 Å². The van der Waals surface area contributed by atoms with Gasteiger partial charge in [-0.3, -0.25) is 10.1 Å². The Balaban J connectivity index is 2.11. The van der Waals surface area contributed by atoms with E-state index in [0.29, 0.717) is 16.7 Å². The maximum absolute atomic E-state index is 12.1. The van der Waals surface area contributed by atoms with Gasteiger partial charge in [-0.05, 0) is 12.0 Å². The Bertz CT molecular complexity index is 824. The molecule has 1 atom stereocenters. The van der Waals surface area contributed by atoms with Gasteiger partial charge >= 0.3 is 11.9 Å². The SMILES string of the molecule is COC(=O)C1=C(N)CC(c2cccc([N+](=O)[O-])c2)C2=C1COC2=O. The zero-order valence-electron chi connectivity index (χ0n) is 12.8. The molecule has 2 aliphatic rings. The van der Waals surface area contributed by atoms with Gasteiger partial charge in [0, 0.05) is 29.3 Å². The second kappa shape index (κ2) is 5.80. The molecule has 0 saturated heterocycles. The first-order valence-corrected chi connectivity index (χ1v) is 7.15. The maximum atomic E-state index is 12.1. The molecule has 3 rings (SSSR count). The van der Waals surface area contributed by atoms with Gasteiger partial charge in [-0.1, -0.05) is 12.1 Å². The van der Waals surface area contributed by atoms with Gasteiger partial charge in [0.05, 0.1) is 23.2 Å². The smallest absolute Gasteiger partial charge is 0.340 e. The highest BCUT2D eigenvalue weighted by molar-refractivity contribution is 6.03. The zero-order chi connectivity index (χ0) is 17.4. The second-order valence-electron chi connectivity index (χ2n) is 5.47. The van der Waals surface area contributed by atoms with Crippen molar-refractivity contribution in [2.45, 2.75) is 12.3 Å². The molecule has 24 heavy (non-hydrogen) atoms. The lowest BCUT2D eigenvalue weighted by molar-refractivity contribution is -0.384. The molecule has 1 aromatic carbocycles. The van der Waals surface area contributed by atoms with Crippen LogP contribution in [-0.4, -0.2) is 30.6 Å². The maximum Gasteiger partial charge on any atom is 0.340 e. The zero-order valence-corrected chi connectivity index (χ0v) is 12.8. The molecule has 124 valence electrons. The Morgan fingerprint density at radius 3 is 2.88 bits per heavy atom. The fraction of sp³-hybridized carbons (Fsp3) is 0.250. The molecule has 0 spiro atoms. The van der Waals surface area contributed by atoms with E-state index in [4.69, 9.17) is 15.2 Å². The number of cyclic esters (lactones) is 1. The van der Waals surface area contributed by atoms with Gasteiger partial charge < -0.3 is 15.2 Å². The number of allylic oxidation sites excluding steroid dienone is 1. The number of non-ortho nitro benzene ring substituents is 1. The monoisotopic (exact) mass is 330 g/mol. The van der Waals surface area contributed by atoms with Crippen LogP contribution in [-0.2, 0) is 19.1 Å². The van der Waals surface area contributed by atoms with Crippen molar-refractivity contribution in [3.8, 4) is 0 Å². The van der Waals surface area contributed by atoms with Crippen molar-refractivity contribution in [1.29, 1.82) is 0 Å². The highest BCUT2D eigenvalue weighted by Gasteiger charge is 2.41. The minimum Gasteiger partial charge on any atom is -0.465 e. The molecule has 0 radical (unpaired) electrons. The van der Waals surface area contributed by atoms with Gasteiger partial charge in [0.2, 0.25) is 0 Å². The topological polar surface area (TPSA) is 122 Å². The van der Waals surface area contributed by atoms with Crippen molar-refractivity contribution < 1.29 is 24.0 Å². The Morgan fingerprint density at radius 1 is 1.46 bits per heavy atom. The number of carbonyl (C=O) groups excluding carboxylic acids is 2. The molecule has 1 aliphatic carbocycles. The van der Waals surface area contributed by atoms with E-state index in [2.05, 4.69) is 0 Å². The molecule has 1 aromatic rings. The number of methoxy groups -OCH3 is 1. The molecule has 0 aromatic heterocycles. The van der Waals surface area contributed by atoms with Crippen LogP contribution in [0.15, 0.2) is 46.7 Å². The summed E-state index contributed by atoms with van der Waals surface area (Å²) in [5, 5.41) is 11.0. The number of nitro groups is 1. The number of carbonyl (C=O) groups is 2. The fourth-order valence-electron chi connectivity index (χ4n) is 3.09. The van der Waals surface area contributed by atoms with Crippen LogP contribution in [0.25, 0.3) is 0 Å². The van der Waals surface area contributed by atoms with Gasteiger partial charge in [-0.2, -0.15) is 0 Å². The van der Waals surface area contributed by atoms with E-state index in [0.717, 1.165) is 0 Å². The number of hydrogen-bond acceptors (Lipinski definition) is 7. The van der Waals surface area contributed by atoms with Gasteiger partial charge in [0.25, 0.3) is 5.69 Å². The first kappa shape index (κ1) is 15.7. The molecule has 8 nitrogen and oxygen atoms in total. The highest BCUT2D eigenvalue weighted by Crippen LogP contribution is 2.43. The molecule has 2 N–H and O–H groups in total. The van der Waals surface area contributed by atoms with Gasteiger partial charge in [0.1, 0.15) is 6.61 Å². The van der Waals surface area contributed by atoms with Crippen LogP contribution in [0.2, 0.25) is 0 Å². The molecule has 1 aliphatic heterocycles. The van der Waals surface area contributed by atoms with E-state index in [-0.39, 0.29) is 30.0 Å². The number of nitrogens with two attached hydrogens (primary N) is 1. The summed E-state index contributed by atoms with van der Waals surface area (Å²) in [7, 11) is 1.23. The summed E-state index contributed by atoms with van der Waals surface area (Å²) < 4.78 is 9.79. The minimum absolute atomic E-state index is 0.0648. The average Bonchev–Trinajstić information content (AvgIpc) is 2.95. The number of esters is 2. The molecule has 8 heteroatoms. The van der Waals surface area contributed by atoms with Crippen LogP contribution in [0.3, 0.4) is 0 Å². The Hall–Kier alpha value is -3.16. The molecular formula is C16H14N2O6. The van der Waals surface area contributed by atoms with Gasteiger partial charge in [-0.25, -0.2) is 9.59 Å². The van der Waals surface area contributed by atoms with E-state index in [1.54, 1.807) is 12.1 Å². The summed E-state index contributed by atoms with van der Waals surface area (Å²) in [5.41, 5.74) is 7.65. The first-order chi connectivity index (χ1) is 11.4. The molecule has 0 bridgehead atoms. The van der Waals surface area contributed by atoms with Crippen molar-refractivity contribution >= 4 is 17.6 Å². The van der Waals surface area contributed by atoms with E-state index in [9.17, 15) is 19.7 Å². The van der Waals surface area contributed by atoms with Crippen LogP contribution in [0.5, 0.6) is 0 Å². The summed E-state index contributed by atoms with van der Waals surface area (Å²) in [6.45, 7) is -0.0648. The van der Waals surface area contributed by atoms with Crippen LogP contribution < -0.4 is 5.73 Å². The summed E-state index contributed by atoms with van der Waals surface area (Å²) in [4.78, 5) is 34.6. The van der Waals surface area contributed by atoms with Crippen LogP contribution in [0.4, 0.5) is 5.69 Å². The van der Waals surface area contributed by atoms with E-state index in [1.165, 1.54) is 19.2 Å². The van der Waals surface area contributed by atoms with Crippen molar-refractivity contribution in [3.63, 3.8) is 0 Å². The lowest BCUT2D eigenvalue weighted by Crippen LogP contribution is -2.24. The molecule has 0 fully saturated rings. The summed E-state index contributed by atoms with van der Waals surface area (Å²) in [6.07, 6.45) is 0.180. The van der Waals surface area contributed by atoms with E-state index >= 15 is 0 Å². The Labute approximate surface area is 136 Å². The predicted molar refractivity (Wildman–Crippen MR) is 81.7 cm³/mol. The lowest BCUT2D eigenvalue weighted by atomic mass is 9.78. The number of hydrogen-bond donors (Lipinski definition) is 1. The third-order valence-electron chi connectivity index (χ3n) is 4.16. The van der Waals surface area contributed by atoms with Crippen LogP contribution in [0.1, 0.15) is 17.9 Å². The highest BCUT2D eigenvalue weighted by atomic mass is 16.6. The molecule has 1 heterocycles. The standard InChI is InChI=1S/C16H14N2O6/c1-23-15(19)14-11-7-24-16(20)13(11)10(6-12(14)17)8-3-2-4-9(5-8)18(21)22/h2-5,10H,6-7,17H2,1H3. The van der Waals surface area contributed by atoms with E-state index < -0.39 is 22.8 Å². The van der Waals surface area contributed by atoms with Crippen LogP contribution in [0, 0.1) is 10.1 Å². The number of ether oxygens (including phenoxy) is 2. The van der Waals surface area contributed by atoms with Crippen molar-refractivity contribution in [2.75, 3.05) is 13.7 Å². The first-order valence-electron chi connectivity index (χ1n) is 7.15. The third kappa shape index (κ3) is 2.41. The minimum atomic E-state index is -0.629. The lowest BCUT2D eigenvalue weighted by Gasteiger charge is -2.24. The van der Waals surface area contributed by atoms with Crippen molar-refractivity contribution in [1.82, 2.24) is 0 Å². The predicted octanol–water partition coefficient (Wildman–Crippen LogP) is 1.32. The third-order valence-corrected chi connectivity index (χ3v) is 4.16. The summed E-state index contributed by atoms with van der Waals surface area (Å²) >= 11 is 0. The average molecular weight is 330 g/mol. The fourth-order valence-corrected chi connectivity index (χ4v) is 3.09. The summed E-state index contributed by atoms with van der Waals surface area (Å²) in [5.74, 6) is -1.67.